The number of aromatic nitrogens is 2. The molecule has 136 valence electrons. The van der Waals surface area contributed by atoms with Gasteiger partial charge in [0.2, 0.25) is 0 Å². The Morgan fingerprint density at radius 3 is 2.60 bits per heavy atom. The van der Waals surface area contributed by atoms with Crippen molar-refractivity contribution in [1.29, 1.82) is 0 Å². The fraction of sp³-hybridized carbons (Fsp3) is 0.526. The molecule has 0 saturated carbocycles. The van der Waals surface area contributed by atoms with Gasteiger partial charge in [0.05, 0.1) is 5.69 Å². The number of carbonyl (C=O) groups is 1. The average molecular weight is 345 g/mol. The average Bonchev–Trinajstić information content (AvgIpc) is 2.46. The van der Waals surface area contributed by atoms with Gasteiger partial charge in [-0.15, -0.1) is 0 Å². The fourth-order valence-corrected chi connectivity index (χ4v) is 2.52. The van der Waals surface area contributed by atoms with E-state index in [2.05, 4.69) is 10.3 Å². The summed E-state index contributed by atoms with van der Waals surface area (Å²) in [6.45, 7) is 11.7. The SMILES string of the molecule is Cc1ccc2nc(CN[C@@H](C(=O)OC(C)(C)C)C(C)C)cc(=O)n2c1. The van der Waals surface area contributed by atoms with Gasteiger partial charge in [0, 0.05) is 18.8 Å². The summed E-state index contributed by atoms with van der Waals surface area (Å²) in [6, 6.07) is 4.76. The highest BCUT2D eigenvalue weighted by Crippen LogP contribution is 2.13. The number of ether oxygens (including phenoxy) is 1. The van der Waals surface area contributed by atoms with Crippen LogP contribution in [0.3, 0.4) is 0 Å². The molecular formula is C19H27N3O3. The lowest BCUT2D eigenvalue weighted by molar-refractivity contribution is -0.158. The predicted octanol–water partition coefficient (Wildman–Crippen LogP) is 2.46. The number of nitrogens with one attached hydrogen (secondary N) is 1. The highest BCUT2D eigenvalue weighted by molar-refractivity contribution is 5.76. The molecule has 2 aromatic rings. The summed E-state index contributed by atoms with van der Waals surface area (Å²) in [7, 11) is 0. The Morgan fingerprint density at radius 1 is 1.32 bits per heavy atom. The van der Waals surface area contributed by atoms with Gasteiger partial charge >= 0.3 is 5.97 Å². The summed E-state index contributed by atoms with van der Waals surface area (Å²) >= 11 is 0. The molecule has 0 radical (unpaired) electrons. The van der Waals surface area contributed by atoms with Crippen molar-refractivity contribution in [3.63, 3.8) is 0 Å². The molecule has 0 aromatic carbocycles. The third kappa shape index (κ3) is 5.13. The summed E-state index contributed by atoms with van der Waals surface area (Å²) in [6.07, 6.45) is 1.76. The molecule has 0 aliphatic carbocycles. The van der Waals surface area contributed by atoms with Crippen LogP contribution in [0.2, 0.25) is 0 Å². The molecule has 2 heterocycles. The topological polar surface area (TPSA) is 72.7 Å². The molecule has 0 spiro atoms. The molecule has 0 unspecified atom stereocenters. The second kappa shape index (κ2) is 7.35. The molecule has 1 N–H and O–H groups in total. The number of esters is 1. The summed E-state index contributed by atoms with van der Waals surface area (Å²) in [4.78, 5) is 29.1. The highest BCUT2D eigenvalue weighted by Gasteiger charge is 2.27. The number of rotatable bonds is 5. The van der Waals surface area contributed by atoms with E-state index in [0.29, 0.717) is 17.9 Å². The Labute approximate surface area is 148 Å². The fourth-order valence-electron chi connectivity index (χ4n) is 2.52. The van der Waals surface area contributed by atoms with Gasteiger partial charge in [0.15, 0.2) is 0 Å². The molecule has 6 nitrogen and oxygen atoms in total. The van der Waals surface area contributed by atoms with Crippen LogP contribution in [0.5, 0.6) is 0 Å². The number of aryl methyl sites for hydroxylation is 1. The van der Waals surface area contributed by atoms with Crippen molar-refractivity contribution in [3.8, 4) is 0 Å². The number of hydrogen-bond donors (Lipinski definition) is 1. The van der Waals surface area contributed by atoms with Crippen LogP contribution in [-0.4, -0.2) is 27.0 Å². The summed E-state index contributed by atoms with van der Waals surface area (Å²) in [5, 5.41) is 3.18. The lowest BCUT2D eigenvalue weighted by Gasteiger charge is -2.26. The molecule has 25 heavy (non-hydrogen) atoms. The van der Waals surface area contributed by atoms with E-state index in [9.17, 15) is 9.59 Å². The van der Waals surface area contributed by atoms with Crippen LogP contribution in [0.25, 0.3) is 5.65 Å². The van der Waals surface area contributed by atoms with Crippen LogP contribution in [0.15, 0.2) is 29.2 Å². The van der Waals surface area contributed by atoms with Gasteiger partial charge in [0.25, 0.3) is 5.56 Å². The molecule has 0 aliphatic heterocycles. The summed E-state index contributed by atoms with van der Waals surface area (Å²) < 4.78 is 6.99. The summed E-state index contributed by atoms with van der Waals surface area (Å²) in [5.74, 6) is -0.241. The smallest absolute Gasteiger partial charge is 0.323 e. The zero-order valence-corrected chi connectivity index (χ0v) is 15.8. The van der Waals surface area contributed by atoms with Crippen LogP contribution in [0.1, 0.15) is 45.9 Å². The number of fused-ring (bicyclic) bond motifs is 1. The Kier molecular flexibility index (Phi) is 5.62. The lowest BCUT2D eigenvalue weighted by atomic mass is 10.0. The van der Waals surface area contributed by atoms with E-state index < -0.39 is 11.6 Å². The monoisotopic (exact) mass is 345 g/mol. The van der Waals surface area contributed by atoms with E-state index in [4.69, 9.17) is 4.74 Å². The van der Waals surface area contributed by atoms with Crippen molar-refractivity contribution < 1.29 is 9.53 Å². The van der Waals surface area contributed by atoms with Crippen molar-refractivity contribution in [2.45, 2.75) is 59.7 Å². The van der Waals surface area contributed by atoms with Crippen molar-refractivity contribution in [2.75, 3.05) is 0 Å². The van der Waals surface area contributed by atoms with E-state index in [1.807, 2.05) is 53.7 Å². The van der Waals surface area contributed by atoms with E-state index in [1.165, 1.54) is 10.5 Å². The van der Waals surface area contributed by atoms with Crippen molar-refractivity contribution in [1.82, 2.24) is 14.7 Å². The third-order valence-corrected chi connectivity index (χ3v) is 3.69. The van der Waals surface area contributed by atoms with Crippen molar-refractivity contribution in [2.24, 2.45) is 5.92 Å². The second-order valence-electron chi connectivity index (χ2n) is 7.66. The minimum Gasteiger partial charge on any atom is -0.459 e. The van der Waals surface area contributed by atoms with E-state index in [0.717, 1.165) is 5.56 Å². The standard InChI is InChI=1S/C19H27N3O3/c1-12(2)17(18(24)25-19(4,5)6)20-10-14-9-16(23)22-11-13(3)7-8-15(22)21-14/h7-9,11-12,17,20H,10H2,1-6H3/t17-/m1/s1. The Balaban J connectivity index is 2.18. The third-order valence-electron chi connectivity index (χ3n) is 3.69. The maximum atomic E-state index is 12.4. The number of hydrogen-bond acceptors (Lipinski definition) is 5. The van der Waals surface area contributed by atoms with Gasteiger partial charge in [-0.05, 0) is 45.2 Å². The normalized spacial score (nSPS) is 13.2. The zero-order valence-electron chi connectivity index (χ0n) is 15.8. The molecule has 0 aliphatic rings. The first kappa shape index (κ1) is 19.1. The minimum atomic E-state index is -0.538. The molecule has 1 atom stereocenters. The second-order valence-corrected chi connectivity index (χ2v) is 7.66. The van der Waals surface area contributed by atoms with E-state index >= 15 is 0 Å². The van der Waals surface area contributed by atoms with Gasteiger partial charge in [-0.3, -0.25) is 19.3 Å². The minimum absolute atomic E-state index is 0.0547. The first-order chi connectivity index (χ1) is 11.6. The van der Waals surface area contributed by atoms with Gasteiger partial charge in [-0.25, -0.2) is 4.98 Å². The molecule has 0 amide bonds. The number of nitrogens with zero attached hydrogens (tertiary/aromatic N) is 2. The Morgan fingerprint density at radius 2 is 2.00 bits per heavy atom. The lowest BCUT2D eigenvalue weighted by Crippen LogP contribution is -2.44. The molecule has 0 bridgehead atoms. The first-order valence-corrected chi connectivity index (χ1v) is 8.52. The van der Waals surface area contributed by atoms with Gasteiger partial charge in [-0.1, -0.05) is 19.9 Å². The predicted molar refractivity (Wildman–Crippen MR) is 97.5 cm³/mol. The van der Waals surface area contributed by atoms with E-state index in [-0.39, 0.29) is 17.4 Å². The van der Waals surface area contributed by atoms with Crippen LogP contribution >= 0.6 is 0 Å². The summed E-state index contributed by atoms with van der Waals surface area (Å²) in [5.41, 5.74) is 1.51. The van der Waals surface area contributed by atoms with Crippen LogP contribution in [0, 0.1) is 12.8 Å². The zero-order chi connectivity index (χ0) is 18.8. The molecular weight excluding hydrogens is 318 g/mol. The Bertz CT molecular complexity index is 819. The first-order valence-electron chi connectivity index (χ1n) is 8.52. The van der Waals surface area contributed by atoms with Gasteiger partial charge in [-0.2, -0.15) is 0 Å². The molecule has 0 fully saturated rings. The maximum Gasteiger partial charge on any atom is 0.323 e. The van der Waals surface area contributed by atoms with Crippen molar-refractivity contribution in [3.05, 3.63) is 46.0 Å². The molecule has 0 saturated heterocycles. The number of carbonyl (C=O) groups excluding carboxylic acids is 1. The molecule has 6 heteroatoms. The molecule has 2 rings (SSSR count). The molecule has 2 aromatic heterocycles. The largest absolute Gasteiger partial charge is 0.459 e. The van der Waals surface area contributed by atoms with Gasteiger partial charge < -0.3 is 4.74 Å². The maximum absolute atomic E-state index is 12.4. The van der Waals surface area contributed by atoms with E-state index in [1.54, 1.807) is 6.20 Å². The Hall–Kier alpha value is -2.21. The highest BCUT2D eigenvalue weighted by atomic mass is 16.6. The van der Waals surface area contributed by atoms with Gasteiger partial charge in [0.1, 0.15) is 17.3 Å². The quantitative estimate of drug-likeness (QED) is 0.843. The van der Waals surface area contributed by atoms with Crippen LogP contribution in [0.4, 0.5) is 0 Å². The van der Waals surface area contributed by atoms with Crippen LogP contribution < -0.4 is 10.9 Å². The number of pyridine rings is 1. The van der Waals surface area contributed by atoms with Crippen LogP contribution in [-0.2, 0) is 16.1 Å². The van der Waals surface area contributed by atoms with Crippen molar-refractivity contribution >= 4 is 11.6 Å².